The Hall–Kier alpha value is -2.10. The molecule has 0 aliphatic rings. The van der Waals surface area contributed by atoms with Crippen molar-refractivity contribution in [3.8, 4) is 0 Å². The second-order valence-corrected chi connectivity index (χ2v) is 5.42. The molecule has 0 heterocycles. The summed E-state index contributed by atoms with van der Waals surface area (Å²) >= 11 is 0. The van der Waals surface area contributed by atoms with E-state index in [1.54, 1.807) is 18.2 Å². The van der Waals surface area contributed by atoms with Crippen LogP contribution in [0.1, 0.15) is 50.0 Å². The number of carbonyl (C=O) groups excluding carboxylic acids is 2. The predicted molar refractivity (Wildman–Crippen MR) is 84.9 cm³/mol. The minimum absolute atomic E-state index is 0.0653. The highest BCUT2D eigenvalue weighted by Crippen LogP contribution is 2.05. The first-order valence-electron chi connectivity index (χ1n) is 7.25. The first kappa shape index (κ1) is 17.0. The lowest BCUT2D eigenvalue weighted by molar-refractivity contribution is -0.116. The van der Waals surface area contributed by atoms with Gasteiger partial charge in [-0.2, -0.15) is 0 Å². The number of hydrogen-bond donors (Lipinski definition) is 2. The number of benzene rings is 1. The predicted octanol–water partition coefficient (Wildman–Crippen LogP) is 2.80. The number of amides is 2. The third kappa shape index (κ3) is 6.25. The summed E-state index contributed by atoms with van der Waals surface area (Å²) in [4.78, 5) is 23.4. The number of rotatable bonds is 6. The highest BCUT2D eigenvalue weighted by molar-refractivity contribution is 5.94. The van der Waals surface area contributed by atoms with Crippen molar-refractivity contribution in [2.24, 2.45) is 0 Å². The third-order valence-corrected chi connectivity index (χ3v) is 3.09. The van der Waals surface area contributed by atoms with Crippen LogP contribution in [0.3, 0.4) is 0 Å². The van der Waals surface area contributed by atoms with Crippen LogP contribution in [0.15, 0.2) is 35.9 Å². The second-order valence-electron chi connectivity index (χ2n) is 5.42. The van der Waals surface area contributed by atoms with E-state index < -0.39 is 0 Å². The Labute approximate surface area is 126 Å². The molecule has 1 unspecified atom stereocenters. The lowest BCUT2D eigenvalue weighted by Gasteiger charge is -2.11. The molecule has 0 fully saturated rings. The molecule has 1 atom stereocenters. The molecule has 21 heavy (non-hydrogen) atoms. The van der Waals surface area contributed by atoms with Crippen LogP contribution >= 0.6 is 0 Å². The van der Waals surface area contributed by atoms with Gasteiger partial charge in [0.1, 0.15) is 0 Å². The summed E-state index contributed by atoms with van der Waals surface area (Å²) in [6, 6.07) is 7.43. The normalized spacial score (nSPS) is 11.4. The van der Waals surface area contributed by atoms with Crippen LogP contribution in [0.25, 0.3) is 0 Å². The molecule has 0 saturated heterocycles. The van der Waals surface area contributed by atoms with E-state index in [2.05, 4.69) is 10.6 Å². The Morgan fingerprint density at radius 2 is 1.81 bits per heavy atom. The van der Waals surface area contributed by atoms with E-state index in [4.69, 9.17) is 0 Å². The van der Waals surface area contributed by atoms with E-state index in [-0.39, 0.29) is 17.9 Å². The summed E-state index contributed by atoms with van der Waals surface area (Å²) in [7, 11) is 0. The van der Waals surface area contributed by atoms with Gasteiger partial charge in [-0.25, -0.2) is 0 Å². The van der Waals surface area contributed by atoms with Crippen molar-refractivity contribution >= 4 is 11.8 Å². The molecule has 1 aromatic carbocycles. The highest BCUT2D eigenvalue weighted by Gasteiger charge is 2.08. The van der Waals surface area contributed by atoms with Gasteiger partial charge in [0.25, 0.3) is 5.91 Å². The van der Waals surface area contributed by atoms with Crippen LogP contribution in [0.4, 0.5) is 0 Å². The number of hydrogen-bond acceptors (Lipinski definition) is 2. The van der Waals surface area contributed by atoms with Gasteiger partial charge in [0.05, 0.1) is 0 Å². The molecule has 0 spiro atoms. The van der Waals surface area contributed by atoms with Gasteiger partial charge in [-0.3, -0.25) is 9.59 Å². The van der Waals surface area contributed by atoms with Crippen molar-refractivity contribution in [1.29, 1.82) is 0 Å². The van der Waals surface area contributed by atoms with E-state index in [1.807, 2.05) is 39.8 Å². The fourth-order valence-electron chi connectivity index (χ4n) is 1.69. The fraction of sp³-hybridized carbons (Fsp3) is 0.412. The SMILES string of the molecule is CCC(C)NC(=O)c1ccc(CNC(=O)C=C(C)C)cc1. The van der Waals surface area contributed by atoms with E-state index in [0.29, 0.717) is 12.1 Å². The fourth-order valence-corrected chi connectivity index (χ4v) is 1.69. The van der Waals surface area contributed by atoms with Crippen molar-refractivity contribution in [1.82, 2.24) is 10.6 Å². The monoisotopic (exact) mass is 288 g/mol. The topological polar surface area (TPSA) is 58.2 Å². The van der Waals surface area contributed by atoms with Crippen molar-refractivity contribution < 1.29 is 9.59 Å². The van der Waals surface area contributed by atoms with Crippen LogP contribution in [0, 0.1) is 0 Å². The van der Waals surface area contributed by atoms with Crippen LogP contribution in [0.2, 0.25) is 0 Å². The molecule has 0 bridgehead atoms. The van der Waals surface area contributed by atoms with Gasteiger partial charge in [0.2, 0.25) is 5.91 Å². The van der Waals surface area contributed by atoms with Crippen molar-refractivity contribution in [2.45, 2.75) is 46.7 Å². The molecule has 0 radical (unpaired) electrons. The van der Waals surface area contributed by atoms with Crippen LogP contribution < -0.4 is 10.6 Å². The molecule has 4 heteroatoms. The highest BCUT2D eigenvalue weighted by atomic mass is 16.2. The molecule has 0 aliphatic carbocycles. The lowest BCUT2D eigenvalue weighted by atomic mass is 10.1. The molecule has 2 N–H and O–H groups in total. The zero-order valence-corrected chi connectivity index (χ0v) is 13.2. The van der Waals surface area contributed by atoms with Crippen molar-refractivity contribution in [2.75, 3.05) is 0 Å². The average Bonchev–Trinajstić information content (AvgIpc) is 2.44. The van der Waals surface area contributed by atoms with Gasteiger partial charge in [0, 0.05) is 24.2 Å². The molecule has 1 rings (SSSR count). The quantitative estimate of drug-likeness (QED) is 0.791. The van der Waals surface area contributed by atoms with Gasteiger partial charge in [-0.15, -0.1) is 0 Å². The zero-order valence-electron chi connectivity index (χ0n) is 13.2. The second kappa shape index (κ2) is 8.25. The largest absolute Gasteiger partial charge is 0.350 e. The van der Waals surface area contributed by atoms with Gasteiger partial charge >= 0.3 is 0 Å². The molecule has 0 aliphatic heterocycles. The van der Waals surface area contributed by atoms with Crippen LogP contribution in [0.5, 0.6) is 0 Å². The summed E-state index contributed by atoms with van der Waals surface area (Å²) in [5, 5.41) is 5.73. The first-order chi connectivity index (χ1) is 9.92. The molecule has 1 aromatic rings. The molecular weight excluding hydrogens is 264 g/mol. The summed E-state index contributed by atoms with van der Waals surface area (Å²) in [5.41, 5.74) is 2.56. The average molecular weight is 288 g/mol. The molecule has 0 aromatic heterocycles. The maximum Gasteiger partial charge on any atom is 0.251 e. The van der Waals surface area contributed by atoms with Crippen LogP contribution in [-0.4, -0.2) is 17.9 Å². The minimum Gasteiger partial charge on any atom is -0.350 e. The zero-order chi connectivity index (χ0) is 15.8. The Morgan fingerprint density at radius 1 is 1.19 bits per heavy atom. The first-order valence-corrected chi connectivity index (χ1v) is 7.25. The minimum atomic E-state index is -0.103. The standard InChI is InChI=1S/C17H24N2O2/c1-5-13(4)19-17(21)15-8-6-14(7-9-15)11-18-16(20)10-12(2)3/h6-10,13H,5,11H2,1-4H3,(H,18,20)(H,19,21). The Balaban J connectivity index is 2.56. The van der Waals surface area contributed by atoms with Gasteiger partial charge in [-0.05, 0) is 44.9 Å². The van der Waals surface area contributed by atoms with Gasteiger partial charge in [0.15, 0.2) is 0 Å². The Kier molecular flexibility index (Phi) is 6.66. The number of nitrogens with one attached hydrogen (secondary N) is 2. The maximum absolute atomic E-state index is 11.9. The lowest BCUT2D eigenvalue weighted by Crippen LogP contribution is -2.31. The van der Waals surface area contributed by atoms with Gasteiger partial charge < -0.3 is 10.6 Å². The molecular formula is C17H24N2O2. The smallest absolute Gasteiger partial charge is 0.251 e. The van der Waals surface area contributed by atoms with Gasteiger partial charge in [-0.1, -0.05) is 24.6 Å². The summed E-state index contributed by atoms with van der Waals surface area (Å²) < 4.78 is 0. The summed E-state index contributed by atoms with van der Waals surface area (Å²) in [6.45, 7) is 8.22. The summed E-state index contributed by atoms with van der Waals surface area (Å²) in [5.74, 6) is -0.168. The maximum atomic E-state index is 11.9. The Bertz CT molecular complexity index is 514. The molecule has 2 amide bonds. The molecule has 0 saturated carbocycles. The molecule has 114 valence electrons. The van der Waals surface area contributed by atoms with E-state index >= 15 is 0 Å². The van der Waals surface area contributed by atoms with E-state index in [0.717, 1.165) is 17.6 Å². The van der Waals surface area contributed by atoms with E-state index in [9.17, 15) is 9.59 Å². The summed E-state index contributed by atoms with van der Waals surface area (Å²) in [6.07, 6.45) is 2.47. The Morgan fingerprint density at radius 3 is 2.33 bits per heavy atom. The van der Waals surface area contributed by atoms with Crippen LogP contribution in [-0.2, 0) is 11.3 Å². The van der Waals surface area contributed by atoms with Crippen molar-refractivity contribution in [3.05, 3.63) is 47.0 Å². The molecule has 4 nitrogen and oxygen atoms in total. The van der Waals surface area contributed by atoms with Crippen molar-refractivity contribution in [3.63, 3.8) is 0 Å². The third-order valence-electron chi connectivity index (χ3n) is 3.09. The number of carbonyl (C=O) groups is 2. The van der Waals surface area contributed by atoms with E-state index in [1.165, 1.54) is 0 Å². The number of allylic oxidation sites excluding steroid dienone is 1.